The Bertz CT molecular complexity index is 2040. The molecular formula is C54H110N18O12. The fourth-order valence-corrected chi connectivity index (χ4v) is 7.45. The van der Waals surface area contributed by atoms with Crippen LogP contribution in [0.1, 0.15) is 171 Å². The number of nitrogens with zero attached hydrogens (tertiary/aromatic N) is 4. The van der Waals surface area contributed by atoms with Gasteiger partial charge in [0.1, 0.15) is 18.1 Å². The van der Waals surface area contributed by atoms with Crippen LogP contribution in [0.25, 0.3) is 0 Å². The third-order valence-electron chi connectivity index (χ3n) is 10.7. The summed E-state index contributed by atoms with van der Waals surface area (Å²) in [5.74, 6) is -4.77. The van der Waals surface area contributed by atoms with Gasteiger partial charge in [0.05, 0.1) is 43.7 Å². The summed E-state index contributed by atoms with van der Waals surface area (Å²) >= 11 is 0. The van der Waals surface area contributed by atoms with Crippen molar-refractivity contribution >= 4 is 47.7 Å². The molecule has 0 aliphatic carbocycles. The molecular weight excluding hydrogens is 1090 g/mol. The van der Waals surface area contributed by atoms with Gasteiger partial charge >= 0.3 is 35.8 Å². The molecule has 2 rings (SSSR count). The number of unbranched alkanes of at least 4 members (excludes halogenated alkanes) is 1. The second-order valence-electron chi connectivity index (χ2n) is 21.4. The lowest BCUT2D eigenvalue weighted by atomic mass is 10.1. The highest BCUT2D eigenvalue weighted by atomic mass is 16.4. The Morgan fingerprint density at radius 1 is 0.464 bits per heavy atom. The summed E-state index contributed by atoms with van der Waals surface area (Å²) in [6.07, 6.45) is 13.0. The summed E-state index contributed by atoms with van der Waals surface area (Å²) in [5, 5.41) is 71.1. The molecule has 0 spiro atoms. The molecule has 2 heterocycles. The Hall–Kier alpha value is -6.54. The first-order valence-corrected chi connectivity index (χ1v) is 28.5. The Labute approximate surface area is 497 Å². The molecule has 2 aromatic rings. The summed E-state index contributed by atoms with van der Waals surface area (Å²) in [6.45, 7) is 25.6. The van der Waals surface area contributed by atoms with Crippen LogP contribution >= 0.6 is 0 Å². The number of hydrogen-bond acceptors (Lipinski definition) is 18. The highest BCUT2D eigenvalue weighted by Crippen LogP contribution is 2.14. The topological polar surface area (TPSA) is 534 Å². The zero-order chi connectivity index (χ0) is 65.3. The van der Waals surface area contributed by atoms with Gasteiger partial charge in [-0.3, -0.25) is 38.8 Å². The number of carboxylic acids is 6. The van der Waals surface area contributed by atoms with Crippen molar-refractivity contribution in [1.29, 1.82) is 0 Å². The summed E-state index contributed by atoms with van der Waals surface area (Å²) in [4.78, 5) is 85.2. The molecule has 0 aliphatic heterocycles. The molecule has 30 nitrogen and oxygen atoms in total. The van der Waals surface area contributed by atoms with Crippen LogP contribution in [0.3, 0.4) is 0 Å². The quantitative estimate of drug-likeness (QED) is 0.0257. The van der Waals surface area contributed by atoms with Crippen molar-refractivity contribution in [1.82, 2.24) is 51.8 Å². The van der Waals surface area contributed by atoms with Gasteiger partial charge in [0.15, 0.2) is 11.9 Å². The highest BCUT2D eigenvalue weighted by Gasteiger charge is 2.21. The van der Waals surface area contributed by atoms with Crippen molar-refractivity contribution in [2.45, 2.75) is 233 Å². The van der Waals surface area contributed by atoms with Gasteiger partial charge in [0.25, 0.3) is 0 Å². The van der Waals surface area contributed by atoms with E-state index >= 15 is 0 Å². The number of carboxylic acid groups (broad SMARTS) is 6. The van der Waals surface area contributed by atoms with E-state index < -0.39 is 53.9 Å². The fourth-order valence-electron chi connectivity index (χ4n) is 7.45. The summed E-state index contributed by atoms with van der Waals surface area (Å²) in [7, 11) is 0. The second-order valence-corrected chi connectivity index (χ2v) is 21.4. The van der Waals surface area contributed by atoms with Crippen LogP contribution < -0.4 is 66.3 Å². The average Bonchev–Trinajstić information content (AvgIpc) is 4.09. The van der Waals surface area contributed by atoms with E-state index in [1.807, 2.05) is 83.1 Å². The molecule has 0 bridgehead atoms. The third kappa shape index (κ3) is 57.3. The first-order chi connectivity index (χ1) is 39.2. The van der Waals surface area contributed by atoms with Crippen LogP contribution in [0.5, 0.6) is 0 Å². The van der Waals surface area contributed by atoms with E-state index in [1.165, 1.54) is 0 Å². The van der Waals surface area contributed by atoms with Crippen molar-refractivity contribution in [2.24, 2.45) is 44.4 Å². The number of aliphatic imine (C=N–C) groups is 2. The molecule has 26 N–H and O–H groups in total. The Morgan fingerprint density at radius 2 is 0.857 bits per heavy atom. The van der Waals surface area contributed by atoms with Crippen molar-refractivity contribution in [2.75, 3.05) is 26.2 Å². The van der Waals surface area contributed by atoms with Gasteiger partial charge in [-0.2, -0.15) is 0 Å². The number of aromatic amines is 2. The van der Waals surface area contributed by atoms with Crippen LogP contribution in [0, 0.1) is 0 Å². The fraction of sp³-hybridized carbons (Fsp3) is 0.741. The largest absolute Gasteiger partial charge is 0.481 e. The summed E-state index contributed by atoms with van der Waals surface area (Å²) in [6, 6.07) is -0.437. The van der Waals surface area contributed by atoms with Gasteiger partial charge in [0, 0.05) is 85.9 Å². The molecule has 2 aromatic heterocycles. The van der Waals surface area contributed by atoms with Crippen molar-refractivity contribution in [3.63, 3.8) is 0 Å². The lowest BCUT2D eigenvalue weighted by Gasteiger charge is -2.19. The zero-order valence-electron chi connectivity index (χ0n) is 51.9. The highest BCUT2D eigenvalue weighted by molar-refractivity contribution is 5.76. The number of hydrogen-bond donors (Lipinski definition) is 20. The minimum absolute atomic E-state index is 0.0358. The smallest absolute Gasteiger partial charge is 0.321 e. The maximum absolute atomic E-state index is 10.9. The maximum Gasteiger partial charge on any atom is 0.321 e. The average molecular weight is 1200 g/mol. The van der Waals surface area contributed by atoms with Crippen LogP contribution in [-0.2, 0) is 35.2 Å². The standard InChI is InChI=1S/2C9H20N4O2.2C9H15N3O2.2C9H20N2O2/c1-6(2)13-7(5-8(14)15)3-4-12-9(10)11;1-6(2)13-7(8(14)15)4-3-5-12-9(10)11;1-6(2)12-7(3-9(13)14)8-4-10-5-11-8;1-6(2)12-8(9(13)14)3-7-4-10-5-11-7;1-7(2)11-8(4-3-5-10)6-9(12)13;1-7(2)11-8(9(12)13)5-3-4-6-10/h2*6-7,13H,3-5H2,1-2H3,(H,14,15)(H4,10,11,12);4-7,12H,3H2,1-2H3,(H,10,11)(H,13,14);4-6,8,12H,3H2,1-2H3,(H,10,11)(H,13,14);2*7-8,11H,3-6,10H2,1-2H3,(H,12,13). The zero-order valence-corrected chi connectivity index (χ0v) is 51.9. The minimum Gasteiger partial charge on any atom is -0.481 e. The summed E-state index contributed by atoms with van der Waals surface area (Å²) in [5.41, 5.74) is 33.0. The van der Waals surface area contributed by atoms with Crippen LogP contribution in [0.4, 0.5) is 0 Å². The third-order valence-corrected chi connectivity index (χ3v) is 10.7. The monoisotopic (exact) mass is 1200 g/mol. The molecule has 6 unspecified atom stereocenters. The maximum atomic E-state index is 10.9. The molecule has 0 saturated carbocycles. The molecule has 6 atom stereocenters. The van der Waals surface area contributed by atoms with E-state index in [2.05, 4.69) is 61.8 Å². The number of guanidine groups is 2. The first-order valence-electron chi connectivity index (χ1n) is 28.5. The lowest BCUT2D eigenvalue weighted by molar-refractivity contribution is -0.140. The molecule has 0 saturated heterocycles. The first kappa shape index (κ1) is 83.9. The number of aromatic nitrogens is 4. The number of H-pyrrole nitrogens is 2. The van der Waals surface area contributed by atoms with E-state index in [0.717, 1.165) is 37.1 Å². The van der Waals surface area contributed by atoms with Gasteiger partial charge < -0.3 is 107 Å². The van der Waals surface area contributed by atoms with Crippen LogP contribution in [0.2, 0.25) is 0 Å². The van der Waals surface area contributed by atoms with Crippen molar-refractivity contribution < 1.29 is 59.4 Å². The van der Waals surface area contributed by atoms with E-state index in [4.69, 9.17) is 65.0 Å². The molecule has 0 aliphatic rings. The minimum atomic E-state index is -0.840. The molecule has 0 fully saturated rings. The van der Waals surface area contributed by atoms with E-state index in [9.17, 15) is 28.8 Å². The second kappa shape index (κ2) is 52.0. The predicted molar refractivity (Wildman–Crippen MR) is 328 cm³/mol. The molecule has 0 radical (unpaired) electrons. The number of imidazole rings is 2. The number of aliphatic carboxylic acids is 6. The number of nitrogens with one attached hydrogen (secondary N) is 8. The molecule has 0 aromatic carbocycles. The van der Waals surface area contributed by atoms with E-state index in [-0.39, 0.29) is 79.5 Å². The van der Waals surface area contributed by atoms with Crippen molar-refractivity contribution in [3.8, 4) is 0 Å². The van der Waals surface area contributed by atoms with Gasteiger partial charge in [-0.25, -0.2) is 9.97 Å². The van der Waals surface area contributed by atoms with Crippen LogP contribution in [0.15, 0.2) is 35.0 Å². The molecule has 84 heavy (non-hydrogen) atoms. The normalized spacial score (nSPS) is 12.9. The Kier molecular flexibility index (Phi) is 52.0. The molecule has 488 valence electrons. The van der Waals surface area contributed by atoms with E-state index in [0.29, 0.717) is 64.3 Å². The number of rotatable bonds is 38. The number of carbonyl (C=O) groups is 6. The van der Waals surface area contributed by atoms with Gasteiger partial charge in [0.2, 0.25) is 0 Å². The van der Waals surface area contributed by atoms with Gasteiger partial charge in [-0.05, 0) is 58.0 Å². The predicted octanol–water partition coefficient (Wildman–Crippen LogP) is 1.44. The Morgan fingerprint density at radius 3 is 1.21 bits per heavy atom. The van der Waals surface area contributed by atoms with Gasteiger partial charge in [-0.1, -0.05) is 89.5 Å². The molecule has 0 amide bonds. The molecule has 30 heteroatoms. The number of nitrogens with two attached hydrogens (primary N) is 6. The van der Waals surface area contributed by atoms with Gasteiger partial charge in [-0.15, -0.1) is 0 Å². The lowest BCUT2D eigenvalue weighted by Crippen LogP contribution is -2.42. The van der Waals surface area contributed by atoms with Crippen molar-refractivity contribution in [3.05, 3.63) is 36.4 Å². The van der Waals surface area contributed by atoms with E-state index in [1.54, 1.807) is 25.0 Å². The summed E-state index contributed by atoms with van der Waals surface area (Å²) < 4.78 is 0. The Balaban J connectivity index is -0.000000458. The van der Waals surface area contributed by atoms with Crippen LogP contribution in [-0.4, -0.2) is 191 Å². The SMILES string of the molecule is CC(C)NC(CC(=O)O)c1cnc[nH]1.CC(C)NC(CCCCN)C(=O)O.CC(C)NC(CCCN)CC(=O)O.CC(C)NC(CCCN=C(N)N)C(=O)O.CC(C)NC(CCN=C(N)N)CC(=O)O.CC(C)NC(Cc1cnc[nH]1)C(=O)O.